The van der Waals surface area contributed by atoms with E-state index < -0.39 is 0 Å². The molecule has 2 aromatic rings. The Balaban J connectivity index is 2.03. The number of thiazole rings is 1. The highest BCUT2D eigenvalue weighted by molar-refractivity contribution is 7.09. The molecule has 2 nitrogen and oxygen atoms in total. The molecule has 0 bridgehead atoms. The van der Waals surface area contributed by atoms with E-state index in [1.54, 1.807) is 11.3 Å². The quantitative estimate of drug-likeness (QED) is 0.885. The molecule has 0 amide bonds. The average Bonchev–Trinajstić information content (AvgIpc) is 2.90. The summed E-state index contributed by atoms with van der Waals surface area (Å²) < 4.78 is 0. The average molecular weight is 288 g/mol. The van der Waals surface area contributed by atoms with E-state index in [1.807, 2.05) is 7.05 Å². The number of hydrogen-bond acceptors (Lipinski definition) is 3. The first kappa shape index (κ1) is 15.2. The predicted octanol–water partition coefficient (Wildman–Crippen LogP) is 4.33. The topological polar surface area (TPSA) is 24.9 Å². The van der Waals surface area contributed by atoms with E-state index in [2.05, 4.69) is 61.8 Å². The van der Waals surface area contributed by atoms with Crippen LogP contribution >= 0.6 is 11.3 Å². The fraction of sp³-hybridized carbons (Fsp3) is 0.471. The number of rotatable bonds is 5. The van der Waals surface area contributed by atoms with Crippen LogP contribution in [-0.4, -0.2) is 12.0 Å². The number of nitrogens with zero attached hydrogens (tertiary/aromatic N) is 1. The molecule has 0 spiro atoms. The largest absolute Gasteiger partial charge is 0.311 e. The highest BCUT2D eigenvalue weighted by Crippen LogP contribution is 2.28. The van der Waals surface area contributed by atoms with Gasteiger partial charge in [0.15, 0.2) is 0 Å². The van der Waals surface area contributed by atoms with Crippen LogP contribution in [-0.2, 0) is 11.8 Å². The molecule has 1 aromatic heterocycles. The van der Waals surface area contributed by atoms with E-state index in [1.165, 1.54) is 16.3 Å². The van der Waals surface area contributed by atoms with Gasteiger partial charge in [0.2, 0.25) is 0 Å². The maximum Gasteiger partial charge on any atom is 0.110 e. The second-order valence-electron chi connectivity index (χ2n) is 6.19. The Morgan fingerprint density at radius 1 is 1.20 bits per heavy atom. The van der Waals surface area contributed by atoms with Gasteiger partial charge in [-0.1, -0.05) is 51.1 Å². The van der Waals surface area contributed by atoms with Crippen molar-refractivity contribution in [3.8, 4) is 0 Å². The van der Waals surface area contributed by atoms with Gasteiger partial charge >= 0.3 is 0 Å². The molecule has 3 heteroatoms. The predicted molar refractivity (Wildman–Crippen MR) is 87.4 cm³/mol. The van der Waals surface area contributed by atoms with Crippen LogP contribution in [0.15, 0.2) is 35.7 Å². The summed E-state index contributed by atoms with van der Waals surface area (Å²) in [6.07, 6.45) is 2.16. The summed E-state index contributed by atoms with van der Waals surface area (Å²) >= 11 is 1.77. The second kappa shape index (κ2) is 6.51. The van der Waals surface area contributed by atoms with Crippen LogP contribution in [0.3, 0.4) is 0 Å². The first-order chi connectivity index (χ1) is 9.50. The van der Waals surface area contributed by atoms with Crippen molar-refractivity contribution >= 4 is 11.3 Å². The first-order valence-corrected chi connectivity index (χ1v) is 8.06. The Hall–Kier alpha value is -1.19. The molecule has 0 aliphatic heterocycles. The molecular formula is C17H24N2S. The molecule has 0 aliphatic carbocycles. The van der Waals surface area contributed by atoms with Gasteiger partial charge < -0.3 is 5.32 Å². The van der Waals surface area contributed by atoms with Crippen LogP contribution in [0.4, 0.5) is 0 Å². The molecule has 0 radical (unpaired) electrons. The SMILES string of the molecule is CNC(CCc1ccccc1)c1nc(C(C)(C)C)cs1. The maximum atomic E-state index is 4.82. The van der Waals surface area contributed by atoms with Crippen molar-refractivity contribution in [2.75, 3.05) is 7.05 Å². The molecule has 1 aromatic carbocycles. The lowest BCUT2D eigenvalue weighted by Crippen LogP contribution is -2.18. The van der Waals surface area contributed by atoms with E-state index in [0.717, 1.165) is 12.8 Å². The minimum Gasteiger partial charge on any atom is -0.311 e. The highest BCUT2D eigenvalue weighted by atomic mass is 32.1. The normalized spacial score (nSPS) is 13.4. The molecule has 0 fully saturated rings. The highest BCUT2D eigenvalue weighted by Gasteiger charge is 2.20. The van der Waals surface area contributed by atoms with E-state index in [0.29, 0.717) is 6.04 Å². The second-order valence-corrected chi connectivity index (χ2v) is 7.08. The Bertz CT molecular complexity index is 525. The zero-order chi connectivity index (χ0) is 14.6. The minimum atomic E-state index is 0.131. The summed E-state index contributed by atoms with van der Waals surface area (Å²) in [4.78, 5) is 4.82. The molecule has 1 N–H and O–H groups in total. The number of aromatic nitrogens is 1. The molecule has 1 unspecified atom stereocenters. The standard InChI is InChI=1S/C17H24N2S/c1-17(2,3)15-12-20-16(19-15)14(18-4)11-10-13-8-6-5-7-9-13/h5-9,12,14,18H,10-11H2,1-4H3. The van der Waals surface area contributed by atoms with Gasteiger partial charge in [0.25, 0.3) is 0 Å². The maximum absolute atomic E-state index is 4.82. The minimum absolute atomic E-state index is 0.131. The number of benzene rings is 1. The van der Waals surface area contributed by atoms with Crippen LogP contribution in [0.1, 0.15) is 49.5 Å². The molecular weight excluding hydrogens is 264 g/mol. The van der Waals surface area contributed by atoms with Crippen molar-refractivity contribution < 1.29 is 0 Å². The van der Waals surface area contributed by atoms with Crippen LogP contribution < -0.4 is 5.32 Å². The summed E-state index contributed by atoms with van der Waals surface area (Å²) in [5.41, 5.74) is 2.71. The van der Waals surface area contributed by atoms with Crippen molar-refractivity contribution in [3.63, 3.8) is 0 Å². The van der Waals surface area contributed by atoms with Crippen LogP contribution in [0.5, 0.6) is 0 Å². The molecule has 0 saturated heterocycles. The van der Waals surface area contributed by atoms with Gasteiger partial charge in [-0.3, -0.25) is 0 Å². The zero-order valence-electron chi connectivity index (χ0n) is 12.8. The van der Waals surface area contributed by atoms with Gasteiger partial charge in [0.05, 0.1) is 11.7 Å². The molecule has 2 rings (SSSR count). The fourth-order valence-corrected chi connectivity index (χ4v) is 3.33. The monoisotopic (exact) mass is 288 g/mol. The van der Waals surface area contributed by atoms with Gasteiger partial charge in [-0.15, -0.1) is 11.3 Å². The van der Waals surface area contributed by atoms with Crippen molar-refractivity contribution in [2.45, 2.75) is 45.1 Å². The number of hydrogen-bond donors (Lipinski definition) is 1. The van der Waals surface area contributed by atoms with Crippen LogP contribution in [0.2, 0.25) is 0 Å². The Kier molecular flexibility index (Phi) is 4.95. The lowest BCUT2D eigenvalue weighted by Gasteiger charge is -2.16. The molecule has 20 heavy (non-hydrogen) atoms. The molecule has 1 atom stereocenters. The lowest BCUT2D eigenvalue weighted by atomic mass is 9.93. The van der Waals surface area contributed by atoms with Gasteiger partial charge in [-0.2, -0.15) is 0 Å². The van der Waals surface area contributed by atoms with E-state index in [9.17, 15) is 0 Å². The third-order valence-electron chi connectivity index (χ3n) is 3.50. The Morgan fingerprint density at radius 2 is 1.90 bits per heavy atom. The van der Waals surface area contributed by atoms with Gasteiger partial charge in [-0.25, -0.2) is 4.98 Å². The zero-order valence-corrected chi connectivity index (χ0v) is 13.6. The van der Waals surface area contributed by atoms with Crippen molar-refractivity contribution in [3.05, 3.63) is 52.0 Å². The number of nitrogens with one attached hydrogen (secondary N) is 1. The first-order valence-electron chi connectivity index (χ1n) is 7.18. The van der Waals surface area contributed by atoms with Crippen molar-refractivity contribution in [2.24, 2.45) is 0 Å². The smallest absolute Gasteiger partial charge is 0.110 e. The summed E-state index contributed by atoms with van der Waals surface area (Å²) in [5, 5.41) is 6.80. The number of aryl methyl sites for hydroxylation is 1. The molecule has 108 valence electrons. The van der Waals surface area contributed by atoms with Crippen molar-refractivity contribution in [1.29, 1.82) is 0 Å². The lowest BCUT2D eigenvalue weighted by molar-refractivity contribution is 0.530. The van der Waals surface area contributed by atoms with E-state index in [-0.39, 0.29) is 5.41 Å². The fourth-order valence-electron chi connectivity index (χ4n) is 2.14. The Labute approximate surface area is 126 Å². The molecule has 1 heterocycles. The van der Waals surface area contributed by atoms with Crippen LogP contribution in [0, 0.1) is 0 Å². The summed E-state index contributed by atoms with van der Waals surface area (Å²) in [7, 11) is 2.02. The summed E-state index contributed by atoms with van der Waals surface area (Å²) in [6, 6.07) is 11.0. The van der Waals surface area contributed by atoms with Gasteiger partial charge in [-0.05, 0) is 25.5 Å². The molecule has 0 aliphatic rings. The third kappa shape index (κ3) is 3.90. The molecule has 0 saturated carbocycles. The van der Waals surface area contributed by atoms with Gasteiger partial charge in [0, 0.05) is 10.8 Å². The Morgan fingerprint density at radius 3 is 2.45 bits per heavy atom. The van der Waals surface area contributed by atoms with Gasteiger partial charge in [0.1, 0.15) is 5.01 Å². The van der Waals surface area contributed by atoms with Crippen LogP contribution in [0.25, 0.3) is 0 Å². The summed E-state index contributed by atoms with van der Waals surface area (Å²) in [6.45, 7) is 6.64. The van der Waals surface area contributed by atoms with Crippen molar-refractivity contribution in [1.82, 2.24) is 10.3 Å². The van der Waals surface area contributed by atoms with E-state index in [4.69, 9.17) is 4.98 Å². The van der Waals surface area contributed by atoms with E-state index >= 15 is 0 Å². The third-order valence-corrected chi connectivity index (χ3v) is 4.46. The summed E-state index contributed by atoms with van der Waals surface area (Å²) in [5.74, 6) is 0.